The summed E-state index contributed by atoms with van der Waals surface area (Å²) >= 11 is 5.95. The molecule has 1 N–H and O–H groups in total. The monoisotopic (exact) mass is 451 g/mol. The number of amides is 1. The number of methoxy groups -OCH3 is 1. The van der Waals surface area contributed by atoms with Crippen LogP contribution in [0.25, 0.3) is 0 Å². The summed E-state index contributed by atoms with van der Waals surface area (Å²) in [6, 6.07) is 12.2. The number of sulfonamides is 1. The molecule has 2 aromatic rings. The van der Waals surface area contributed by atoms with Crippen LogP contribution in [0.3, 0.4) is 0 Å². The van der Waals surface area contributed by atoms with Gasteiger partial charge in [0.05, 0.1) is 17.7 Å². The lowest BCUT2D eigenvalue weighted by Gasteiger charge is -2.22. The summed E-state index contributed by atoms with van der Waals surface area (Å²) < 4.78 is 33.2. The molecule has 7 nitrogen and oxygen atoms in total. The van der Waals surface area contributed by atoms with Crippen molar-refractivity contribution in [3.63, 3.8) is 0 Å². The zero-order valence-electron chi connectivity index (χ0n) is 17.1. The van der Waals surface area contributed by atoms with E-state index in [1.165, 1.54) is 30.5 Å². The van der Waals surface area contributed by atoms with Crippen LogP contribution in [-0.4, -0.2) is 56.8 Å². The summed E-state index contributed by atoms with van der Waals surface area (Å²) in [6.45, 7) is 4.41. The molecule has 0 saturated carbocycles. The predicted molar refractivity (Wildman–Crippen MR) is 117 cm³/mol. The van der Waals surface area contributed by atoms with Gasteiger partial charge in [0.25, 0.3) is 0 Å². The molecule has 9 heteroatoms. The van der Waals surface area contributed by atoms with Crippen molar-refractivity contribution in [1.29, 1.82) is 0 Å². The van der Waals surface area contributed by atoms with Crippen molar-refractivity contribution in [3.8, 4) is 5.75 Å². The van der Waals surface area contributed by atoms with Gasteiger partial charge in [-0.15, -0.1) is 0 Å². The molecule has 1 heterocycles. The van der Waals surface area contributed by atoms with Crippen LogP contribution < -0.4 is 10.1 Å². The van der Waals surface area contributed by atoms with Crippen LogP contribution in [0.15, 0.2) is 47.4 Å². The molecule has 0 radical (unpaired) electrons. The summed E-state index contributed by atoms with van der Waals surface area (Å²) in [5, 5.41) is 3.32. The van der Waals surface area contributed by atoms with E-state index in [-0.39, 0.29) is 10.8 Å². The first-order valence-corrected chi connectivity index (χ1v) is 11.5. The molecule has 2 aromatic carbocycles. The lowest BCUT2D eigenvalue weighted by molar-refractivity contribution is -0.114. The first kappa shape index (κ1) is 22.6. The van der Waals surface area contributed by atoms with E-state index in [1.807, 2.05) is 24.3 Å². The number of hydrogen-bond acceptors (Lipinski definition) is 5. The minimum absolute atomic E-state index is 0.137. The van der Waals surface area contributed by atoms with Gasteiger partial charge in [-0.3, -0.25) is 9.69 Å². The maximum atomic E-state index is 13.2. The van der Waals surface area contributed by atoms with Crippen molar-refractivity contribution in [2.24, 2.45) is 0 Å². The second-order valence-electron chi connectivity index (χ2n) is 7.20. The lowest BCUT2D eigenvalue weighted by atomic mass is 10.2. The van der Waals surface area contributed by atoms with E-state index >= 15 is 0 Å². The van der Waals surface area contributed by atoms with Crippen LogP contribution in [0, 0.1) is 0 Å². The highest BCUT2D eigenvalue weighted by Crippen LogP contribution is 2.29. The molecule has 30 heavy (non-hydrogen) atoms. The zero-order valence-corrected chi connectivity index (χ0v) is 18.7. The maximum Gasteiger partial charge on any atom is 0.243 e. The quantitative estimate of drug-likeness (QED) is 0.729. The summed E-state index contributed by atoms with van der Waals surface area (Å²) in [6.07, 6.45) is 0.738. The van der Waals surface area contributed by atoms with Gasteiger partial charge in [-0.1, -0.05) is 23.7 Å². The van der Waals surface area contributed by atoms with E-state index in [0.717, 1.165) is 25.1 Å². The Balaban J connectivity index is 1.73. The second kappa shape index (κ2) is 9.78. The number of anilines is 1. The molecular weight excluding hydrogens is 426 g/mol. The van der Waals surface area contributed by atoms with Gasteiger partial charge in [-0.2, -0.15) is 4.31 Å². The number of carbonyl (C=O) groups is 1. The highest BCUT2D eigenvalue weighted by molar-refractivity contribution is 7.89. The predicted octanol–water partition coefficient (Wildman–Crippen LogP) is 3.20. The van der Waals surface area contributed by atoms with Gasteiger partial charge in [0, 0.05) is 38.1 Å². The molecule has 1 fully saturated rings. The van der Waals surface area contributed by atoms with Crippen LogP contribution in [0.1, 0.15) is 18.9 Å². The van der Waals surface area contributed by atoms with E-state index in [4.69, 9.17) is 16.3 Å². The van der Waals surface area contributed by atoms with Crippen LogP contribution in [0.4, 0.5) is 5.69 Å². The standard InChI is InChI=1S/C21H26ClN3O4S/c1-16(26)23-20-14-19(8-9-21(20)29-2)30(27,28)25-11-3-10-24(12-13-25)15-17-4-6-18(22)7-5-17/h4-9,14H,3,10-13,15H2,1-2H3,(H,23,26). The molecule has 1 aliphatic heterocycles. The number of rotatable bonds is 6. The molecule has 1 aliphatic rings. The SMILES string of the molecule is COc1ccc(S(=O)(=O)N2CCCN(Cc3ccc(Cl)cc3)CC2)cc1NC(C)=O. The van der Waals surface area contributed by atoms with Gasteiger partial charge in [0.1, 0.15) is 5.75 Å². The molecule has 0 aromatic heterocycles. The molecule has 3 rings (SSSR count). The Morgan fingerprint density at radius 2 is 1.83 bits per heavy atom. The fraction of sp³-hybridized carbons (Fsp3) is 0.381. The fourth-order valence-electron chi connectivity index (χ4n) is 3.48. The number of halogens is 1. The number of ether oxygens (including phenoxy) is 1. The van der Waals surface area contributed by atoms with Gasteiger partial charge in [0.15, 0.2) is 0 Å². The van der Waals surface area contributed by atoms with Crippen LogP contribution in [0.5, 0.6) is 5.75 Å². The summed E-state index contributed by atoms with van der Waals surface area (Å²) in [5.41, 5.74) is 1.48. The third-order valence-corrected chi connectivity index (χ3v) is 7.13. The van der Waals surface area contributed by atoms with E-state index in [9.17, 15) is 13.2 Å². The average molecular weight is 452 g/mol. The molecule has 0 spiro atoms. The number of hydrogen-bond donors (Lipinski definition) is 1. The van der Waals surface area contributed by atoms with E-state index in [2.05, 4.69) is 10.2 Å². The minimum atomic E-state index is -3.69. The van der Waals surface area contributed by atoms with Crippen molar-refractivity contribution in [1.82, 2.24) is 9.21 Å². The molecular formula is C21H26ClN3O4S. The zero-order chi connectivity index (χ0) is 21.7. The Hall–Kier alpha value is -2.13. The number of nitrogens with one attached hydrogen (secondary N) is 1. The minimum Gasteiger partial charge on any atom is -0.495 e. The second-order valence-corrected chi connectivity index (χ2v) is 9.58. The first-order chi connectivity index (χ1) is 14.3. The Kier molecular flexibility index (Phi) is 7.36. The molecule has 1 amide bonds. The fourth-order valence-corrected chi connectivity index (χ4v) is 5.10. The molecule has 0 aliphatic carbocycles. The summed E-state index contributed by atoms with van der Waals surface area (Å²) in [7, 11) is -2.22. The van der Waals surface area contributed by atoms with Crippen molar-refractivity contribution >= 4 is 33.2 Å². The third-order valence-electron chi connectivity index (χ3n) is 4.99. The first-order valence-electron chi connectivity index (χ1n) is 9.72. The van der Waals surface area contributed by atoms with Crippen LogP contribution >= 0.6 is 11.6 Å². The molecule has 1 saturated heterocycles. The van der Waals surface area contributed by atoms with Gasteiger partial charge < -0.3 is 10.1 Å². The molecule has 162 valence electrons. The Bertz CT molecular complexity index is 996. The van der Waals surface area contributed by atoms with Crippen molar-refractivity contribution in [2.75, 3.05) is 38.6 Å². The summed E-state index contributed by atoms with van der Waals surface area (Å²) in [4.78, 5) is 13.8. The smallest absolute Gasteiger partial charge is 0.243 e. The van der Waals surface area contributed by atoms with Crippen LogP contribution in [-0.2, 0) is 21.4 Å². The number of nitrogens with zero attached hydrogens (tertiary/aromatic N) is 2. The van der Waals surface area contributed by atoms with E-state index < -0.39 is 10.0 Å². The topological polar surface area (TPSA) is 79.0 Å². The summed E-state index contributed by atoms with van der Waals surface area (Å²) in [5.74, 6) is 0.115. The van der Waals surface area contributed by atoms with Crippen molar-refractivity contribution in [3.05, 3.63) is 53.1 Å². The molecule has 0 unspecified atom stereocenters. The largest absolute Gasteiger partial charge is 0.495 e. The Morgan fingerprint density at radius 3 is 2.50 bits per heavy atom. The third kappa shape index (κ3) is 5.51. The van der Waals surface area contributed by atoms with E-state index in [0.29, 0.717) is 36.1 Å². The normalized spacial score (nSPS) is 16.1. The van der Waals surface area contributed by atoms with Gasteiger partial charge in [-0.25, -0.2) is 8.42 Å². The Labute approximate surface area is 182 Å². The van der Waals surface area contributed by atoms with Gasteiger partial charge in [0.2, 0.25) is 15.9 Å². The van der Waals surface area contributed by atoms with Crippen molar-refractivity contribution in [2.45, 2.75) is 24.8 Å². The molecule has 0 atom stereocenters. The Morgan fingerprint density at radius 1 is 1.10 bits per heavy atom. The van der Waals surface area contributed by atoms with Crippen LogP contribution in [0.2, 0.25) is 5.02 Å². The number of benzene rings is 2. The van der Waals surface area contributed by atoms with Gasteiger partial charge >= 0.3 is 0 Å². The average Bonchev–Trinajstić information content (AvgIpc) is 2.95. The number of carbonyl (C=O) groups excluding carboxylic acids is 1. The van der Waals surface area contributed by atoms with Gasteiger partial charge in [-0.05, 0) is 48.9 Å². The van der Waals surface area contributed by atoms with E-state index in [1.54, 1.807) is 6.07 Å². The highest BCUT2D eigenvalue weighted by atomic mass is 35.5. The molecule has 0 bridgehead atoms. The van der Waals surface area contributed by atoms with Crippen molar-refractivity contribution < 1.29 is 17.9 Å². The lowest BCUT2D eigenvalue weighted by Crippen LogP contribution is -2.35. The maximum absolute atomic E-state index is 13.2. The highest BCUT2D eigenvalue weighted by Gasteiger charge is 2.28.